The van der Waals surface area contributed by atoms with E-state index in [9.17, 15) is 9.59 Å². The van der Waals surface area contributed by atoms with Gasteiger partial charge in [-0.3, -0.25) is 19.1 Å². The predicted molar refractivity (Wildman–Crippen MR) is 118 cm³/mol. The summed E-state index contributed by atoms with van der Waals surface area (Å²) in [6.07, 6.45) is 4.82. The zero-order chi connectivity index (χ0) is 20.8. The molecule has 0 spiro atoms. The number of benzene rings is 2. The van der Waals surface area contributed by atoms with Crippen molar-refractivity contribution in [1.82, 2.24) is 20.0 Å². The van der Waals surface area contributed by atoms with Gasteiger partial charge in [-0.2, -0.15) is 5.10 Å². The van der Waals surface area contributed by atoms with Crippen LogP contribution in [0.25, 0.3) is 16.6 Å². The van der Waals surface area contributed by atoms with Gasteiger partial charge in [-0.05, 0) is 30.3 Å². The minimum Gasteiger partial charge on any atom is -0.272 e. The van der Waals surface area contributed by atoms with Crippen LogP contribution in [0.3, 0.4) is 0 Å². The van der Waals surface area contributed by atoms with Gasteiger partial charge >= 0.3 is 0 Å². The summed E-state index contributed by atoms with van der Waals surface area (Å²) in [5, 5.41) is 4.90. The zero-order valence-electron chi connectivity index (χ0n) is 15.8. The lowest BCUT2D eigenvalue weighted by atomic mass is 10.2. The average Bonchev–Trinajstić information content (AvgIpc) is 2.79. The van der Waals surface area contributed by atoms with Crippen molar-refractivity contribution < 1.29 is 4.79 Å². The Hall–Kier alpha value is -3.78. The van der Waals surface area contributed by atoms with Crippen LogP contribution >= 0.6 is 11.8 Å². The molecule has 0 fully saturated rings. The number of nitrogens with one attached hydrogen (secondary N) is 1. The van der Waals surface area contributed by atoms with Crippen LogP contribution < -0.4 is 11.0 Å². The first-order valence-corrected chi connectivity index (χ1v) is 10.1. The van der Waals surface area contributed by atoms with E-state index in [0.29, 0.717) is 21.7 Å². The van der Waals surface area contributed by atoms with E-state index < -0.39 is 0 Å². The molecule has 0 saturated heterocycles. The molecular formula is C22H17N5O2S. The number of para-hydroxylation sites is 2. The molecule has 7 nitrogen and oxygen atoms in total. The summed E-state index contributed by atoms with van der Waals surface area (Å²) in [6.45, 7) is 0. The lowest BCUT2D eigenvalue weighted by Crippen LogP contribution is -2.24. The number of hydrazone groups is 1. The number of hydrogen-bond donors (Lipinski definition) is 1. The Morgan fingerprint density at radius 1 is 1.07 bits per heavy atom. The normalized spacial score (nSPS) is 11.1. The molecule has 148 valence electrons. The SMILES string of the molecule is O=C(CSc1nc2ccccc2c(=O)n1-c1ccccc1)NN=Cc1cccnc1. The van der Waals surface area contributed by atoms with Crippen molar-refractivity contribution in [1.29, 1.82) is 0 Å². The van der Waals surface area contributed by atoms with Crippen LogP contribution in [0.2, 0.25) is 0 Å². The molecule has 30 heavy (non-hydrogen) atoms. The van der Waals surface area contributed by atoms with Gasteiger partial charge in [0.25, 0.3) is 11.5 Å². The number of amides is 1. The summed E-state index contributed by atoms with van der Waals surface area (Å²) in [5.41, 5.74) is 4.36. The van der Waals surface area contributed by atoms with Gasteiger partial charge in [-0.1, -0.05) is 48.2 Å². The maximum Gasteiger partial charge on any atom is 0.266 e. The molecular weight excluding hydrogens is 398 g/mol. The van der Waals surface area contributed by atoms with Crippen LogP contribution in [0.15, 0.2) is 94.2 Å². The van der Waals surface area contributed by atoms with Crippen LogP contribution in [-0.4, -0.2) is 32.4 Å². The first-order chi connectivity index (χ1) is 14.7. The number of aromatic nitrogens is 3. The largest absolute Gasteiger partial charge is 0.272 e. The Balaban J connectivity index is 1.57. The molecule has 0 atom stereocenters. The van der Waals surface area contributed by atoms with Crippen molar-refractivity contribution in [2.24, 2.45) is 5.10 Å². The topological polar surface area (TPSA) is 89.2 Å². The highest BCUT2D eigenvalue weighted by molar-refractivity contribution is 7.99. The summed E-state index contributed by atoms with van der Waals surface area (Å²) < 4.78 is 1.53. The average molecular weight is 415 g/mol. The van der Waals surface area contributed by atoms with E-state index in [1.54, 1.807) is 36.7 Å². The minimum atomic E-state index is -0.304. The molecule has 1 N–H and O–H groups in total. The number of nitrogens with zero attached hydrogens (tertiary/aromatic N) is 4. The molecule has 1 amide bonds. The smallest absolute Gasteiger partial charge is 0.266 e. The fourth-order valence-corrected chi connectivity index (χ4v) is 3.61. The van der Waals surface area contributed by atoms with Crippen LogP contribution in [0.4, 0.5) is 0 Å². The number of rotatable bonds is 6. The molecule has 0 aliphatic heterocycles. The minimum absolute atomic E-state index is 0.0575. The number of thioether (sulfide) groups is 1. The summed E-state index contributed by atoms with van der Waals surface area (Å²) in [6, 6.07) is 20.0. The predicted octanol–water partition coefficient (Wildman–Crippen LogP) is 3.02. The Labute approximate surface area is 176 Å². The van der Waals surface area contributed by atoms with Gasteiger partial charge < -0.3 is 0 Å². The van der Waals surface area contributed by atoms with E-state index >= 15 is 0 Å². The third-order valence-corrected chi connectivity index (χ3v) is 5.12. The summed E-state index contributed by atoms with van der Waals surface area (Å²) in [7, 11) is 0. The second-order valence-electron chi connectivity index (χ2n) is 6.26. The molecule has 0 aliphatic carbocycles. The highest BCUT2D eigenvalue weighted by Crippen LogP contribution is 2.21. The van der Waals surface area contributed by atoms with Crippen LogP contribution in [-0.2, 0) is 4.79 Å². The monoisotopic (exact) mass is 415 g/mol. The van der Waals surface area contributed by atoms with Crippen LogP contribution in [0.1, 0.15) is 5.56 Å². The van der Waals surface area contributed by atoms with E-state index in [4.69, 9.17) is 0 Å². The van der Waals surface area contributed by atoms with Crippen molar-refractivity contribution in [2.75, 3.05) is 5.75 Å². The third-order valence-electron chi connectivity index (χ3n) is 4.18. The molecule has 2 heterocycles. The summed E-state index contributed by atoms with van der Waals surface area (Å²) in [5.74, 6) is -0.246. The number of pyridine rings is 1. The van der Waals surface area contributed by atoms with Gasteiger partial charge in [0.15, 0.2) is 5.16 Å². The lowest BCUT2D eigenvalue weighted by molar-refractivity contribution is -0.118. The van der Waals surface area contributed by atoms with E-state index in [0.717, 1.165) is 5.56 Å². The zero-order valence-corrected chi connectivity index (χ0v) is 16.6. The summed E-state index contributed by atoms with van der Waals surface area (Å²) in [4.78, 5) is 33.9. The van der Waals surface area contributed by atoms with Gasteiger partial charge in [0.1, 0.15) is 0 Å². The molecule has 4 rings (SSSR count). The fraction of sp³-hybridized carbons (Fsp3) is 0.0455. The van der Waals surface area contributed by atoms with E-state index in [1.807, 2.05) is 42.5 Å². The Morgan fingerprint density at radius 2 is 1.87 bits per heavy atom. The molecule has 4 aromatic rings. The maximum absolute atomic E-state index is 13.1. The Kier molecular flexibility index (Phi) is 5.95. The maximum atomic E-state index is 13.1. The van der Waals surface area contributed by atoms with Crippen molar-refractivity contribution in [3.63, 3.8) is 0 Å². The molecule has 8 heteroatoms. The highest BCUT2D eigenvalue weighted by Gasteiger charge is 2.14. The van der Waals surface area contributed by atoms with Crippen molar-refractivity contribution in [2.45, 2.75) is 5.16 Å². The van der Waals surface area contributed by atoms with Crippen LogP contribution in [0.5, 0.6) is 0 Å². The van der Waals surface area contributed by atoms with Gasteiger partial charge in [-0.25, -0.2) is 10.4 Å². The van der Waals surface area contributed by atoms with Crippen LogP contribution in [0, 0.1) is 0 Å². The number of hydrogen-bond acceptors (Lipinski definition) is 6. The fourth-order valence-electron chi connectivity index (χ4n) is 2.81. The first-order valence-electron chi connectivity index (χ1n) is 9.14. The number of carbonyl (C=O) groups is 1. The van der Waals surface area contributed by atoms with E-state index in [-0.39, 0.29) is 17.2 Å². The number of fused-ring (bicyclic) bond motifs is 1. The van der Waals surface area contributed by atoms with E-state index in [2.05, 4.69) is 20.5 Å². The molecule has 0 unspecified atom stereocenters. The molecule has 0 aliphatic rings. The quantitative estimate of drug-likeness (QED) is 0.226. The van der Waals surface area contributed by atoms with Crippen molar-refractivity contribution >= 4 is 34.8 Å². The second-order valence-corrected chi connectivity index (χ2v) is 7.20. The Morgan fingerprint density at radius 3 is 2.67 bits per heavy atom. The standard InChI is InChI=1S/C22H17N5O2S/c28-20(26-24-14-16-7-6-12-23-13-16)15-30-22-25-19-11-5-4-10-18(19)21(29)27(22)17-8-2-1-3-9-17/h1-14H,15H2,(H,26,28). The highest BCUT2D eigenvalue weighted by atomic mass is 32.2. The second kappa shape index (κ2) is 9.15. The van der Waals surface area contributed by atoms with Gasteiger partial charge in [0, 0.05) is 18.0 Å². The Bertz CT molecular complexity index is 1260. The van der Waals surface area contributed by atoms with Gasteiger partial charge in [0.2, 0.25) is 0 Å². The molecule has 0 radical (unpaired) electrons. The first kappa shape index (κ1) is 19.5. The third kappa shape index (κ3) is 4.44. The molecule has 2 aromatic heterocycles. The van der Waals surface area contributed by atoms with Crippen molar-refractivity contribution in [3.8, 4) is 5.69 Å². The number of carbonyl (C=O) groups excluding carboxylic acids is 1. The summed E-state index contributed by atoms with van der Waals surface area (Å²) >= 11 is 1.18. The molecule has 0 bridgehead atoms. The molecule has 0 saturated carbocycles. The lowest BCUT2D eigenvalue weighted by Gasteiger charge is -2.12. The molecule has 2 aromatic carbocycles. The van der Waals surface area contributed by atoms with Crippen molar-refractivity contribution in [3.05, 3.63) is 95.0 Å². The van der Waals surface area contributed by atoms with Gasteiger partial charge in [-0.15, -0.1) is 0 Å². The van der Waals surface area contributed by atoms with Gasteiger partial charge in [0.05, 0.1) is 28.6 Å². The van der Waals surface area contributed by atoms with E-state index in [1.165, 1.54) is 22.5 Å².